The summed E-state index contributed by atoms with van der Waals surface area (Å²) in [6.45, 7) is 0. The molecule has 0 spiro atoms. The molecule has 4 rings (SSSR count). The van der Waals surface area contributed by atoms with E-state index in [1.807, 2.05) is 30.3 Å². The minimum absolute atomic E-state index is 0.0515. The Hall–Kier alpha value is -1.64. The molecule has 3 aliphatic rings. The second kappa shape index (κ2) is 3.67. The predicted octanol–water partition coefficient (Wildman–Crippen LogP) is 2.67. The molecule has 0 N–H and O–H groups in total. The summed E-state index contributed by atoms with van der Waals surface area (Å²) in [5, 5.41) is 4.10. The van der Waals surface area contributed by atoms with Crippen molar-refractivity contribution < 1.29 is 9.63 Å². The average molecular weight is 241 g/mol. The van der Waals surface area contributed by atoms with E-state index in [1.165, 1.54) is 19.3 Å². The van der Waals surface area contributed by atoms with Crippen molar-refractivity contribution in [3.05, 3.63) is 35.9 Å². The molecule has 2 saturated carbocycles. The summed E-state index contributed by atoms with van der Waals surface area (Å²) in [5.41, 5.74) is 1.39. The van der Waals surface area contributed by atoms with Gasteiger partial charge in [-0.05, 0) is 31.1 Å². The van der Waals surface area contributed by atoms with Gasteiger partial charge < -0.3 is 4.84 Å². The van der Waals surface area contributed by atoms with Gasteiger partial charge >= 0.3 is 0 Å². The molecule has 92 valence electrons. The number of benzene rings is 1. The van der Waals surface area contributed by atoms with E-state index in [0.29, 0.717) is 17.5 Å². The van der Waals surface area contributed by atoms with E-state index in [2.05, 4.69) is 5.16 Å². The second-order valence-electron chi connectivity index (χ2n) is 5.60. The molecule has 2 aliphatic carbocycles. The lowest BCUT2D eigenvalue weighted by atomic mass is 9.81. The van der Waals surface area contributed by atoms with Crippen LogP contribution in [0.15, 0.2) is 35.5 Å². The molecule has 0 radical (unpaired) electrons. The Morgan fingerprint density at radius 3 is 2.78 bits per heavy atom. The zero-order valence-electron chi connectivity index (χ0n) is 10.1. The summed E-state index contributed by atoms with van der Waals surface area (Å²) < 4.78 is 0. The fourth-order valence-corrected chi connectivity index (χ4v) is 3.88. The number of rotatable bonds is 2. The fraction of sp³-hybridized carbons (Fsp3) is 0.467. The van der Waals surface area contributed by atoms with Gasteiger partial charge in [-0.3, -0.25) is 4.79 Å². The van der Waals surface area contributed by atoms with E-state index in [1.54, 1.807) is 0 Å². The van der Waals surface area contributed by atoms with Crippen molar-refractivity contribution in [2.75, 3.05) is 0 Å². The molecule has 2 fully saturated rings. The van der Waals surface area contributed by atoms with Gasteiger partial charge in [0, 0.05) is 5.56 Å². The molecule has 1 heterocycles. The number of nitrogens with zero attached hydrogens (tertiary/aromatic N) is 1. The molecule has 1 aromatic carbocycles. The maximum Gasteiger partial charge on any atom is 0.211 e. The van der Waals surface area contributed by atoms with Crippen LogP contribution in [0.2, 0.25) is 0 Å². The maximum atomic E-state index is 12.5. The Balaban J connectivity index is 1.65. The van der Waals surface area contributed by atoms with E-state index in [9.17, 15) is 4.79 Å². The van der Waals surface area contributed by atoms with E-state index < -0.39 is 0 Å². The van der Waals surface area contributed by atoms with Gasteiger partial charge in [0.2, 0.25) is 5.78 Å². The van der Waals surface area contributed by atoms with Crippen molar-refractivity contribution in [3.63, 3.8) is 0 Å². The largest absolute Gasteiger partial charge is 0.391 e. The van der Waals surface area contributed by atoms with Crippen LogP contribution in [0, 0.1) is 17.8 Å². The van der Waals surface area contributed by atoms with Gasteiger partial charge in [-0.25, -0.2) is 0 Å². The highest BCUT2D eigenvalue weighted by atomic mass is 16.6. The summed E-state index contributed by atoms with van der Waals surface area (Å²) in [6.07, 6.45) is 3.88. The molecule has 1 aliphatic heterocycles. The Bertz CT molecular complexity index is 523. The van der Waals surface area contributed by atoms with Crippen molar-refractivity contribution in [2.45, 2.75) is 25.4 Å². The van der Waals surface area contributed by atoms with Crippen LogP contribution >= 0.6 is 0 Å². The molecule has 3 nitrogen and oxygen atoms in total. The average Bonchev–Trinajstić information content (AvgIpc) is 3.11. The van der Waals surface area contributed by atoms with Gasteiger partial charge in [-0.15, -0.1) is 0 Å². The Morgan fingerprint density at radius 2 is 1.94 bits per heavy atom. The maximum absolute atomic E-state index is 12.5. The fourth-order valence-electron chi connectivity index (χ4n) is 3.88. The van der Waals surface area contributed by atoms with E-state index in [0.717, 1.165) is 5.56 Å². The van der Waals surface area contributed by atoms with Crippen LogP contribution in [-0.2, 0) is 4.84 Å². The van der Waals surface area contributed by atoms with Crippen molar-refractivity contribution in [2.24, 2.45) is 22.9 Å². The third-order valence-electron chi connectivity index (χ3n) is 4.70. The van der Waals surface area contributed by atoms with Crippen molar-refractivity contribution >= 4 is 11.5 Å². The van der Waals surface area contributed by atoms with Crippen molar-refractivity contribution in [3.8, 4) is 0 Å². The number of oxime groups is 1. The standard InChI is InChI=1S/C15H15NO2/c17-14(9-4-2-1-3-5-9)13-12-10-6-7-11(8-10)15(12)18-16-13/h1-5,10-12,15H,6-8H2/t10-,11-,12-,15+/m0/s1. The first-order valence-corrected chi connectivity index (χ1v) is 6.68. The predicted molar refractivity (Wildman–Crippen MR) is 67.4 cm³/mol. The van der Waals surface area contributed by atoms with Gasteiger partial charge in [-0.1, -0.05) is 35.5 Å². The number of Topliss-reactive ketones (excluding diaryl/α,β-unsaturated/α-hetero) is 1. The topological polar surface area (TPSA) is 38.7 Å². The zero-order chi connectivity index (χ0) is 12.1. The van der Waals surface area contributed by atoms with Crippen LogP contribution in [0.4, 0.5) is 0 Å². The van der Waals surface area contributed by atoms with Gasteiger partial charge in [0.25, 0.3) is 0 Å². The molecule has 0 unspecified atom stereocenters. The quantitative estimate of drug-likeness (QED) is 0.747. The molecule has 18 heavy (non-hydrogen) atoms. The monoisotopic (exact) mass is 241 g/mol. The highest BCUT2D eigenvalue weighted by molar-refractivity contribution is 6.47. The number of hydrogen-bond donors (Lipinski definition) is 0. The Labute approximate surface area is 106 Å². The summed E-state index contributed by atoms with van der Waals surface area (Å²) >= 11 is 0. The first-order valence-electron chi connectivity index (χ1n) is 6.68. The highest BCUT2D eigenvalue weighted by Gasteiger charge is 2.55. The lowest BCUT2D eigenvalue weighted by Crippen LogP contribution is -2.33. The zero-order valence-corrected chi connectivity index (χ0v) is 10.1. The lowest BCUT2D eigenvalue weighted by molar-refractivity contribution is 0.0275. The van der Waals surface area contributed by atoms with Crippen LogP contribution in [0.5, 0.6) is 0 Å². The molecule has 3 heteroatoms. The minimum atomic E-state index is 0.0515. The normalized spacial score (nSPS) is 36.1. The first kappa shape index (κ1) is 10.3. The third-order valence-corrected chi connectivity index (χ3v) is 4.70. The molecule has 0 amide bonds. The summed E-state index contributed by atoms with van der Waals surface area (Å²) in [7, 11) is 0. The molecule has 0 saturated heterocycles. The summed E-state index contributed by atoms with van der Waals surface area (Å²) in [6, 6.07) is 9.41. The van der Waals surface area contributed by atoms with Crippen LogP contribution in [0.3, 0.4) is 0 Å². The van der Waals surface area contributed by atoms with Crippen LogP contribution < -0.4 is 0 Å². The van der Waals surface area contributed by atoms with E-state index in [-0.39, 0.29) is 17.8 Å². The van der Waals surface area contributed by atoms with Gasteiger partial charge in [-0.2, -0.15) is 0 Å². The number of ketones is 1. The smallest absolute Gasteiger partial charge is 0.211 e. The molecule has 0 aromatic heterocycles. The molecule has 4 atom stereocenters. The molecular weight excluding hydrogens is 226 g/mol. The molecule has 2 bridgehead atoms. The summed E-state index contributed by atoms with van der Waals surface area (Å²) in [4.78, 5) is 18.0. The van der Waals surface area contributed by atoms with Crippen LogP contribution in [0.25, 0.3) is 0 Å². The Kier molecular flexibility index (Phi) is 2.10. The van der Waals surface area contributed by atoms with Crippen LogP contribution in [-0.4, -0.2) is 17.6 Å². The van der Waals surface area contributed by atoms with E-state index in [4.69, 9.17) is 4.84 Å². The SMILES string of the molecule is O=C(C1=NO[C@@H]2[C@H]3CC[C@@H](C3)[C@@H]12)c1ccccc1. The van der Waals surface area contributed by atoms with Gasteiger partial charge in [0.05, 0.1) is 5.92 Å². The molecule has 1 aromatic rings. The third kappa shape index (κ3) is 1.30. The highest BCUT2D eigenvalue weighted by Crippen LogP contribution is 2.52. The number of fused-ring (bicyclic) bond motifs is 5. The number of carbonyl (C=O) groups excluding carboxylic acids is 1. The Morgan fingerprint density at radius 1 is 1.17 bits per heavy atom. The molecular formula is C15H15NO2. The van der Waals surface area contributed by atoms with Crippen LogP contribution in [0.1, 0.15) is 29.6 Å². The number of hydrogen-bond acceptors (Lipinski definition) is 3. The van der Waals surface area contributed by atoms with E-state index >= 15 is 0 Å². The first-order chi connectivity index (χ1) is 8.84. The van der Waals surface area contributed by atoms with Crippen molar-refractivity contribution in [1.29, 1.82) is 0 Å². The summed E-state index contributed by atoms with van der Waals surface area (Å²) in [5.74, 6) is 1.56. The number of carbonyl (C=O) groups is 1. The van der Waals surface area contributed by atoms with Gasteiger partial charge in [0.1, 0.15) is 11.8 Å². The lowest BCUT2D eigenvalue weighted by Gasteiger charge is -2.22. The second-order valence-corrected chi connectivity index (χ2v) is 5.60. The minimum Gasteiger partial charge on any atom is -0.391 e. The van der Waals surface area contributed by atoms with Crippen molar-refractivity contribution in [1.82, 2.24) is 0 Å². The van der Waals surface area contributed by atoms with Gasteiger partial charge in [0.15, 0.2) is 0 Å².